The second-order valence-corrected chi connectivity index (χ2v) is 5.26. The molecule has 8 heteroatoms. The van der Waals surface area contributed by atoms with Gasteiger partial charge in [-0.05, 0) is 25.1 Å². The van der Waals surface area contributed by atoms with Crippen molar-refractivity contribution in [3.8, 4) is 0 Å². The van der Waals surface area contributed by atoms with E-state index in [9.17, 15) is 13.2 Å². The van der Waals surface area contributed by atoms with Crippen molar-refractivity contribution in [1.82, 2.24) is 0 Å². The van der Waals surface area contributed by atoms with E-state index in [0.717, 1.165) is 0 Å². The molecular formula is C10H11N3O4S. The van der Waals surface area contributed by atoms with E-state index in [2.05, 4.69) is 5.10 Å². The molecule has 96 valence electrons. The fraction of sp³-hybridized carbons (Fsp3) is 0.200. The first-order valence-electron chi connectivity index (χ1n) is 5.02. The molecule has 1 heterocycles. The zero-order valence-corrected chi connectivity index (χ0v) is 10.3. The molecule has 0 spiro atoms. The topological polar surface area (TPSA) is 113 Å². The van der Waals surface area contributed by atoms with Crippen molar-refractivity contribution in [2.75, 3.05) is 17.3 Å². The molecule has 3 N–H and O–H groups in total. The first-order chi connectivity index (χ1) is 8.29. The number of hydrogen-bond acceptors (Lipinski definition) is 6. The summed E-state index contributed by atoms with van der Waals surface area (Å²) < 4.78 is 31.6. The average Bonchev–Trinajstić information content (AvgIpc) is 2.57. The quantitative estimate of drug-likeness (QED) is 0.589. The number of rotatable bonds is 2. The molecule has 1 aromatic carbocycles. The first kappa shape index (κ1) is 12.5. The highest BCUT2D eigenvalue weighted by molar-refractivity contribution is 7.86. The summed E-state index contributed by atoms with van der Waals surface area (Å²) in [5, 5.41) is 5.13. The van der Waals surface area contributed by atoms with E-state index in [1.807, 2.05) is 0 Å². The Morgan fingerprint density at radius 2 is 2.11 bits per heavy atom. The lowest BCUT2D eigenvalue weighted by molar-refractivity contribution is -0.111. The molecular weight excluding hydrogens is 258 g/mol. The fourth-order valence-corrected chi connectivity index (χ4v) is 2.28. The summed E-state index contributed by atoms with van der Waals surface area (Å²) in [4.78, 5) is 11.1. The Hall–Kier alpha value is -1.93. The zero-order chi connectivity index (χ0) is 13.5. The fourth-order valence-electron chi connectivity index (χ4n) is 1.62. The molecule has 0 aromatic heterocycles. The van der Waals surface area contributed by atoms with Crippen molar-refractivity contribution in [1.29, 1.82) is 0 Å². The summed E-state index contributed by atoms with van der Waals surface area (Å²) in [7, 11) is -4.40. The van der Waals surface area contributed by atoms with Crippen LogP contribution in [0.4, 0.5) is 11.4 Å². The van der Waals surface area contributed by atoms with Crippen LogP contribution >= 0.6 is 0 Å². The molecule has 0 amide bonds. The number of nitrogens with two attached hydrogens (primary N) is 1. The van der Waals surface area contributed by atoms with Crippen molar-refractivity contribution >= 4 is 33.0 Å². The third kappa shape index (κ3) is 2.20. The number of benzene rings is 1. The highest BCUT2D eigenvalue weighted by Crippen LogP contribution is 2.29. The average molecular weight is 269 g/mol. The SMILES string of the molecule is CC1=NN(c2cc(N)ccc2S(=O)(=O)O)CC1=O. The van der Waals surface area contributed by atoms with Gasteiger partial charge in [0.25, 0.3) is 10.1 Å². The van der Waals surface area contributed by atoms with Crippen LogP contribution in [0.5, 0.6) is 0 Å². The summed E-state index contributed by atoms with van der Waals surface area (Å²) >= 11 is 0. The number of nitrogen functional groups attached to an aromatic ring is 1. The Morgan fingerprint density at radius 3 is 2.61 bits per heavy atom. The summed E-state index contributed by atoms with van der Waals surface area (Å²) in [6.07, 6.45) is 0. The molecule has 0 aliphatic carbocycles. The molecule has 1 aliphatic heterocycles. The van der Waals surface area contributed by atoms with Crippen molar-refractivity contribution in [3.05, 3.63) is 18.2 Å². The standard InChI is InChI=1S/C10H11N3O4S/c1-6-9(14)5-13(12-6)8-4-7(11)2-3-10(8)18(15,16)17/h2-4H,5,11H2,1H3,(H,15,16,17). The van der Waals surface area contributed by atoms with Crippen LogP contribution in [-0.4, -0.2) is 31.0 Å². The normalized spacial score (nSPS) is 16.0. The molecule has 0 bridgehead atoms. The van der Waals surface area contributed by atoms with Gasteiger partial charge in [0.2, 0.25) is 0 Å². The number of nitrogens with zero attached hydrogens (tertiary/aromatic N) is 2. The molecule has 0 saturated heterocycles. The van der Waals surface area contributed by atoms with E-state index in [0.29, 0.717) is 5.69 Å². The lowest BCUT2D eigenvalue weighted by atomic mass is 10.2. The molecule has 0 saturated carbocycles. The molecule has 7 nitrogen and oxygen atoms in total. The summed E-state index contributed by atoms with van der Waals surface area (Å²) in [5.74, 6) is -0.210. The van der Waals surface area contributed by atoms with E-state index in [4.69, 9.17) is 10.3 Å². The molecule has 1 aromatic rings. The Kier molecular flexibility index (Phi) is 2.83. The van der Waals surface area contributed by atoms with Gasteiger partial charge in [-0.3, -0.25) is 14.4 Å². The van der Waals surface area contributed by atoms with Gasteiger partial charge in [-0.15, -0.1) is 0 Å². The second kappa shape index (κ2) is 4.07. The predicted octanol–water partition coefficient (Wildman–Crippen LogP) is 0.280. The number of anilines is 2. The van der Waals surface area contributed by atoms with Gasteiger partial charge in [-0.1, -0.05) is 0 Å². The Bertz CT molecular complexity index is 651. The molecule has 18 heavy (non-hydrogen) atoms. The largest absolute Gasteiger partial charge is 0.399 e. The van der Waals surface area contributed by atoms with E-state index < -0.39 is 10.1 Å². The van der Waals surface area contributed by atoms with Gasteiger partial charge in [0.15, 0.2) is 5.78 Å². The van der Waals surface area contributed by atoms with Crippen molar-refractivity contribution in [2.45, 2.75) is 11.8 Å². The van der Waals surface area contributed by atoms with Crippen LogP contribution in [0.2, 0.25) is 0 Å². The van der Waals surface area contributed by atoms with Gasteiger partial charge >= 0.3 is 0 Å². The molecule has 0 unspecified atom stereocenters. The highest BCUT2D eigenvalue weighted by atomic mass is 32.2. The van der Waals surface area contributed by atoms with Gasteiger partial charge in [0.05, 0.1) is 5.69 Å². The van der Waals surface area contributed by atoms with Crippen LogP contribution in [-0.2, 0) is 14.9 Å². The monoisotopic (exact) mass is 269 g/mol. The van der Waals surface area contributed by atoms with Crippen LogP contribution < -0.4 is 10.7 Å². The van der Waals surface area contributed by atoms with Crippen LogP contribution in [0.15, 0.2) is 28.2 Å². The lowest BCUT2D eigenvalue weighted by Crippen LogP contribution is -2.20. The van der Waals surface area contributed by atoms with Crippen LogP contribution in [0.1, 0.15) is 6.92 Å². The Morgan fingerprint density at radius 1 is 1.44 bits per heavy atom. The maximum atomic E-state index is 11.4. The van der Waals surface area contributed by atoms with Gasteiger partial charge in [-0.25, -0.2) is 0 Å². The van der Waals surface area contributed by atoms with Crippen LogP contribution in [0.3, 0.4) is 0 Å². The minimum Gasteiger partial charge on any atom is -0.399 e. The minimum absolute atomic E-state index is 0.0716. The maximum absolute atomic E-state index is 11.4. The predicted molar refractivity (Wildman–Crippen MR) is 66.1 cm³/mol. The molecule has 0 atom stereocenters. The highest BCUT2D eigenvalue weighted by Gasteiger charge is 2.26. The molecule has 0 fully saturated rings. The van der Waals surface area contributed by atoms with E-state index >= 15 is 0 Å². The second-order valence-electron chi connectivity index (χ2n) is 3.87. The van der Waals surface area contributed by atoms with Gasteiger partial charge in [0, 0.05) is 5.69 Å². The first-order valence-corrected chi connectivity index (χ1v) is 6.46. The summed E-state index contributed by atoms with van der Waals surface area (Å²) in [6, 6.07) is 3.87. The number of carbonyl (C=O) groups is 1. The molecule has 1 aliphatic rings. The van der Waals surface area contributed by atoms with Gasteiger partial charge in [-0.2, -0.15) is 13.5 Å². The van der Waals surface area contributed by atoms with Gasteiger partial charge in [0.1, 0.15) is 17.2 Å². The van der Waals surface area contributed by atoms with E-state index in [-0.39, 0.29) is 28.6 Å². The number of ketones is 1. The maximum Gasteiger partial charge on any atom is 0.296 e. The van der Waals surface area contributed by atoms with Crippen molar-refractivity contribution < 1.29 is 17.8 Å². The van der Waals surface area contributed by atoms with Gasteiger partial charge < -0.3 is 5.73 Å². The third-order valence-electron chi connectivity index (χ3n) is 2.51. The lowest BCUT2D eigenvalue weighted by Gasteiger charge is -2.16. The van der Waals surface area contributed by atoms with Crippen molar-refractivity contribution in [3.63, 3.8) is 0 Å². The number of carbonyl (C=O) groups excluding carboxylic acids is 1. The third-order valence-corrected chi connectivity index (χ3v) is 3.41. The Balaban J connectivity index is 2.58. The number of hydrogen-bond donors (Lipinski definition) is 2. The van der Waals surface area contributed by atoms with Crippen LogP contribution in [0, 0.1) is 0 Å². The Labute approximate surface area is 104 Å². The van der Waals surface area contributed by atoms with Crippen molar-refractivity contribution in [2.24, 2.45) is 5.10 Å². The van der Waals surface area contributed by atoms with Crippen LogP contribution in [0.25, 0.3) is 0 Å². The number of hydrazone groups is 1. The smallest absolute Gasteiger partial charge is 0.296 e. The van der Waals surface area contributed by atoms with E-state index in [1.54, 1.807) is 0 Å². The number of Topliss-reactive ketones (excluding diaryl/α,β-unsaturated/α-hetero) is 1. The molecule has 0 radical (unpaired) electrons. The van der Waals surface area contributed by atoms with E-state index in [1.165, 1.54) is 30.1 Å². The zero-order valence-electron chi connectivity index (χ0n) is 9.49. The minimum atomic E-state index is -4.40. The summed E-state index contributed by atoms with van der Waals surface area (Å²) in [5.41, 5.74) is 6.24. The molecule has 2 rings (SSSR count). The summed E-state index contributed by atoms with van der Waals surface area (Å²) in [6.45, 7) is 1.46.